The van der Waals surface area contributed by atoms with Gasteiger partial charge in [0.05, 0.1) is 5.52 Å². The Morgan fingerprint density at radius 3 is 2.78 bits per heavy atom. The third-order valence-corrected chi connectivity index (χ3v) is 13.2. The first kappa shape index (κ1) is 26.0. The molecule has 1 N–H and O–H groups in total. The number of halogens is 2. The number of methoxy groups -OCH3 is 1. The molecule has 37 heavy (non-hydrogen) atoms. The van der Waals surface area contributed by atoms with Gasteiger partial charge in [-0.3, -0.25) is 0 Å². The molecular formula is C27H27ClIN3O4S. The van der Waals surface area contributed by atoms with Gasteiger partial charge in [0, 0.05) is 9.90 Å². The number of carbonyl (C=O) groups is 1. The fourth-order valence-corrected chi connectivity index (χ4v) is 11.0. The van der Waals surface area contributed by atoms with Gasteiger partial charge in [-0.05, 0) is 23.8 Å². The molecule has 7 nitrogen and oxygen atoms in total. The van der Waals surface area contributed by atoms with E-state index in [1.807, 2.05) is 30.3 Å². The van der Waals surface area contributed by atoms with Gasteiger partial charge in [-0.15, -0.1) is 11.3 Å². The standard InChI is InChI=1S/C27H27ClIN3O4S/c1-3-4-19-15-29(19)27(34)30-11-12-36-22-10-9-20(13-23(22)35-2)32-16-31-21-14-24(37-25(21)26(32)33)17-5-7-18(28)8-6-17/h5-10,13-14,16,19H,3-4,11-12,15H2,1-2H3,(H,30,34). The molecule has 1 fully saturated rings. The third kappa shape index (κ3) is 5.78. The van der Waals surface area contributed by atoms with Crippen LogP contribution in [0, 0.1) is 0 Å². The van der Waals surface area contributed by atoms with Crippen molar-refractivity contribution < 1.29 is 14.3 Å². The first-order valence-electron chi connectivity index (χ1n) is 12.0. The average molecular weight is 652 g/mol. The summed E-state index contributed by atoms with van der Waals surface area (Å²) in [4.78, 5) is 31.1. The summed E-state index contributed by atoms with van der Waals surface area (Å²) in [5.41, 5.74) is 2.11. The van der Waals surface area contributed by atoms with Crippen LogP contribution in [0.2, 0.25) is 5.02 Å². The van der Waals surface area contributed by atoms with Gasteiger partial charge in [-0.1, -0.05) is 23.7 Å². The number of carbonyl (C=O) groups excluding carboxylic acids is 1. The fraction of sp³-hybridized carbons (Fsp3) is 0.296. The van der Waals surface area contributed by atoms with Crippen LogP contribution in [0.15, 0.2) is 59.7 Å². The van der Waals surface area contributed by atoms with Crippen LogP contribution in [0.4, 0.5) is 4.79 Å². The minimum atomic E-state index is -1.41. The van der Waals surface area contributed by atoms with E-state index in [1.165, 1.54) is 28.7 Å². The van der Waals surface area contributed by atoms with Crippen molar-refractivity contribution in [1.82, 2.24) is 14.9 Å². The van der Waals surface area contributed by atoms with E-state index < -0.39 is 19.8 Å². The van der Waals surface area contributed by atoms with Gasteiger partial charge in [-0.25, -0.2) is 0 Å². The molecule has 1 aliphatic rings. The van der Waals surface area contributed by atoms with Crippen molar-refractivity contribution in [3.05, 3.63) is 70.2 Å². The Kier molecular flexibility index (Phi) is 8.01. The Morgan fingerprint density at radius 2 is 2.03 bits per heavy atom. The van der Waals surface area contributed by atoms with Crippen molar-refractivity contribution in [3.8, 4) is 27.6 Å². The molecule has 1 amide bonds. The van der Waals surface area contributed by atoms with E-state index in [0.29, 0.717) is 49.5 Å². The molecular weight excluding hydrogens is 625 g/mol. The molecule has 2 aromatic carbocycles. The summed E-state index contributed by atoms with van der Waals surface area (Å²) < 4.78 is 15.6. The Labute approximate surface area is 231 Å². The number of hydrogen-bond acceptors (Lipinski definition) is 6. The number of thiophene rings is 1. The first-order chi connectivity index (χ1) is 18.0. The van der Waals surface area contributed by atoms with Gasteiger partial charge in [-0.2, -0.15) is 0 Å². The number of nitrogens with zero attached hydrogens (tertiary/aromatic N) is 2. The quantitative estimate of drug-likeness (QED) is 0.0691. The van der Waals surface area contributed by atoms with Gasteiger partial charge in [0.15, 0.2) is 0 Å². The SMILES string of the molecule is CCCC1CI1C(=O)NCCOc1ccc(-n2cnc3cc(-c4ccc(Cl)cc4)sc3c2=O)cc1OC. The maximum absolute atomic E-state index is 13.3. The van der Waals surface area contributed by atoms with Gasteiger partial charge >= 0.3 is 158 Å². The molecule has 1 saturated heterocycles. The number of rotatable bonds is 10. The van der Waals surface area contributed by atoms with Crippen molar-refractivity contribution in [2.45, 2.75) is 23.7 Å². The zero-order chi connectivity index (χ0) is 25.9. The van der Waals surface area contributed by atoms with E-state index >= 15 is 0 Å². The van der Waals surface area contributed by atoms with Crippen molar-refractivity contribution >= 4 is 56.9 Å². The number of alkyl halides is 2. The summed E-state index contributed by atoms with van der Waals surface area (Å²) in [5, 5.41) is 3.69. The molecule has 0 bridgehead atoms. The zero-order valence-electron chi connectivity index (χ0n) is 20.5. The number of aromatic nitrogens is 2. The predicted octanol–water partition coefficient (Wildman–Crippen LogP) is 6.55. The van der Waals surface area contributed by atoms with Crippen LogP contribution < -0.4 is 20.3 Å². The summed E-state index contributed by atoms with van der Waals surface area (Å²) in [5.74, 6) is 1.06. The zero-order valence-corrected chi connectivity index (χ0v) is 24.2. The predicted molar refractivity (Wildman–Crippen MR) is 159 cm³/mol. The number of amides is 1. The van der Waals surface area contributed by atoms with E-state index in [-0.39, 0.29) is 9.47 Å². The third-order valence-electron chi connectivity index (χ3n) is 6.04. The minimum absolute atomic E-state index is 0.153. The van der Waals surface area contributed by atoms with Crippen LogP contribution in [-0.4, -0.2) is 42.1 Å². The summed E-state index contributed by atoms with van der Waals surface area (Å²) in [6, 6.07) is 14.8. The molecule has 2 aromatic heterocycles. The summed E-state index contributed by atoms with van der Waals surface area (Å²) >= 11 is 6.00. The number of ether oxygens (including phenoxy) is 2. The summed E-state index contributed by atoms with van der Waals surface area (Å²) in [7, 11) is 1.56. The monoisotopic (exact) mass is 651 g/mol. The van der Waals surface area contributed by atoms with Gasteiger partial charge in [0.1, 0.15) is 0 Å². The number of hydrogen-bond donors (Lipinski definition) is 1. The Balaban J connectivity index is 1.28. The molecule has 1 aliphatic heterocycles. The van der Waals surface area contributed by atoms with E-state index in [4.69, 9.17) is 21.1 Å². The second-order valence-corrected chi connectivity index (χ2v) is 16.0. The molecule has 0 aliphatic carbocycles. The Morgan fingerprint density at radius 1 is 1.22 bits per heavy atom. The van der Waals surface area contributed by atoms with E-state index in [1.54, 1.807) is 25.3 Å². The number of benzene rings is 2. The number of fused-ring (bicyclic) bond motifs is 1. The summed E-state index contributed by atoms with van der Waals surface area (Å²) in [6.07, 6.45) is 3.86. The van der Waals surface area contributed by atoms with Crippen molar-refractivity contribution in [2.75, 3.05) is 24.7 Å². The van der Waals surface area contributed by atoms with Crippen molar-refractivity contribution in [2.24, 2.45) is 0 Å². The molecule has 194 valence electrons. The first-order valence-corrected chi connectivity index (χ1v) is 17.0. The van der Waals surface area contributed by atoms with Gasteiger partial charge in [0.25, 0.3) is 0 Å². The normalized spacial score (nSPS) is 15.5. The second kappa shape index (κ2) is 11.4. The van der Waals surface area contributed by atoms with E-state index in [9.17, 15) is 9.59 Å². The van der Waals surface area contributed by atoms with Gasteiger partial charge in [0.2, 0.25) is 0 Å². The average Bonchev–Trinajstić information content (AvgIpc) is 3.54. The molecule has 0 radical (unpaired) electrons. The summed E-state index contributed by atoms with van der Waals surface area (Å²) in [6.45, 7) is 2.98. The van der Waals surface area contributed by atoms with Crippen LogP contribution in [0.3, 0.4) is 0 Å². The molecule has 0 saturated carbocycles. The van der Waals surface area contributed by atoms with E-state index in [2.05, 4.69) is 17.2 Å². The van der Waals surface area contributed by atoms with Gasteiger partial charge < -0.3 is 0 Å². The second-order valence-electron chi connectivity index (χ2n) is 8.57. The van der Waals surface area contributed by atoms with Crippen LogP contribution in [-0.2, 0) is 0 Å². The topological polar surface area (TPSA) is 82.5 Å². The van der Waals surface area contributed by atoms with Crippen molar-refractivity contribution in [3.63, 3.8) is 0 Å². The van der Waals surface area contributed by atoms with Crippen LogP contribution in [0.25, 0.3) is 26.3 Å². The maximum atomic E-state index is 13.3. The Bertz CT molecular complexity index is 1490. The molecule has 1 unspecified atom stereocenters. The van der Waals surface area contributed by atoms with E-state index in [0.717, 1.165) is 21.3 Å². The van der Waals surface area contributed by atoms with Crippen molar-refractivity contribution in [1.29, 1.82) is 0 Å². The van der Waals surface area contributed by atoms with Crippen LogP contribution in [0.5, 0.6) is 11.5 Å². The fourth-order valence-electron chi connectivity index (χ4n) is 4.05. The van der Waals surface area contributed by atoms with Crippen LogP contribution >= 0.6 is 42.8 Å². The number of nitrogens with one attached hydrogen (secondary N) is 1. The molecule has 3 heterocycles. The molecule has 10 heteroatoms. The molecule has 1 atom stereocenters. The molecule has 4 aromatic rings. The molecule has 5 rings (SSSR count). The molecule has 0 spiro atoms. The van der Waals surface area contributed by atoms with Crippen LogP contribution in [0.1, 0.15) is 19.8 Å². The Hall–Kier alpha value is -2.63.